The van der Waals surface area contributed by atoms with E-state index in [2.05, 4.69) is 10.3 Å². The van der Waals surface area contributed by atoms with E-state index in [4.69, 9.17) is 5.11 Å². The van der Waals surface area contributed by atoms with Gasteiger partial charge in [-0.05, 0) is 37.3 Å². The number of aryl methyl sites for hydroxylation is 1. The number of anilines is 2. The fourth-order valence-corrected chi connectivity index (χ4v) is 1.62. The number of hydrogen-bond acceptors (Lipinski definition) is 5. The highest BCUT2D eigenvalue weighted by atomic mass is 16.6. The van der Waals surface area contributed by atoms with Gasteiger partial charge in [0.1, 0.15) is 0 Å². The SMILES string of the molecule is Cc1ccc([N+](=O)[O-])c(Nc2ccc(C(=O)O)cc2)n1. The molecular formula is C13H11N3O4. The molecule has 2 N–H and O–H groups in total. The van der Waals surface area contributed by atoms with Crippen LogP contribution in [0.3, 0.4) is 0 Å². The number of hydrogen-bond donors (Lipinski definition) is 2. The predicted molar refractivity (Wildman–Crippen MR) is 72.3 cm³/mol. The van der Waals surface area contributed by atoms with Crippen LogP contribution in [0.2, 0.25) is 0 Å². The first kappa shape index (κ1) is 13.5. The second-order valence-electron chi connectivity index (χ2n) is 4.08. The molecule has 0 saturated heterocycles. The van der Waals surface area contributed by atoms with E-state index in [1.165, 1.54) is 30.3 Å². The number of aromatic carboxylic acids is 1. The van der Waals surface area contributed by atoms with Gasteiger partial charge < -0.3 is 10.4 Å². The third-order valence-electron chi connectivity index (χ3n) is 2.60. The number of nitrogens with one attached hydrogen (secondary N) is 1. The van der Waals surface area contributed by atoms with Crippen molar-refractivity contribution in [3.8, 4) is 0 Å². The van der Waals surface area contributed by atoms with Crippen molar-refractivity contribution in [3.05, 3.63) is 57.8 Å². The summed E-state index contributed by atoms with van der Waals surface area (Å²) in [4.78, 5) is 25.2. The average Bonchev–Trinajstić information content (AvgIpc) is 2.39. The Morgan fingerprint density at radius 2 is 1.90 bits per heavy atom. The van der Waals surface area contributed by atoms with Gasteiger partial charge in [-0.2, -0.15) is 0 Å². The average molecular weight is 273 g/mol. The van der Waals surface area contributed by atoms with Crippen LogP contribution in [0.15, 0.2) is 36.4 Å². The lowest BCUT2D eigenvalue weighted by atomic mass is 10.2. The van der Waals surface area contributed by atoms with Crippen LogP contribution in [0.4, 0.5) is 17.2 Å². The molecule has 0 amide bonds. The van der Waals surface area contributed by atoms with Gasteiger partial charge in [0.2, 0.25) is 5.82 Å². The van der Waals surface area contributed by atoms with Crippen molar-refractivity contribution in [2.45, 2.75) is 6.92 Å². The molecule has 7 heteroatoms. The lowest BCUT2D eigenvalue weighted by Gasteiger charge is -2.07. The van der Waals surface area contributed by atoms with E-state index in [0.717, 1.165) is 0 Å². The number of rotatable bonds is 4. The van der Waals surface area contributed by atoms with Gasteiger partial charge in [-0.3, -0.25) is 10.1 Å². The highest BCUT2D eigenvalue weighted by molar-refractivity contribution is 5.88. The van der Waals surface area contributed by atoms with E-state index >= 15 is 0 Å². The molecule has 0 atom stereocenters. The van der Waals surface area contributed by atoms with Gasteiger partial charge in [-0.25, -0.2) is 9.78 Å². The largest absolute Gasteiger partial charge is 0.478 e. The molecule has 0 saturated carbocycles. The first-order chi connectivity index (χ1) is 9.47. The van der Waals surface area contributed by atoms with Gasteiger partial charge in [-0.1, -0.05) is 0 Å². The third-order valence-corrected chi connectivity index (χ3v) is 2.60. The fourth-order valence-electron chi connectivity index (χ4n) is 1.62. The highest BCUT2D eigenvalue weighted by Crippen LogP contribution is 2.25. The Kier molecular flexibility index (Phi) is 3.60. The van der Waals surface area contributed by atoms with E-state index in [0.29, 0.717) is 11.4 Å². The lowest BCUT2D eigenvalue weighted by molar-refractivity contribution is -0.384. The Bertz CT molecular complexity index is 668. The van der Waals surface area contributed by atoms with E-state index in [1.807, 2.05) is 0 Å². The second kappa shape index (κ2) is 5.35. The van der Waals surface area contributed by atoms with Crippen molar-refractivity contribution in [1.29, 1.82) is 0 Å². The molecule has 0 fully saturated rings. The Balaban J connectivity index is 2.31. The Morgan fingerprint density at radius 1 is 1.25 bits per heavy atom. The Morgan fingerprint density at radius 3 is 2.45 bits per heavy atom. The Hall–Kier alpha value is -2.96. The minimum atomic E-state index is -1.03. The van der Waals surface area contributed by atoms with E-state index in [1.54, 1.807) is 13.0 Å². The lowest BCUT2D eigenvalue weighted by Crippen LogP contribution is -2.01. The van der Waals surface area contributed by atoms with E-state index in [-0.39, 0.29) is 17.1 Å². The molecule has 0 bridgehead atoms. The first-order valence-electron chi connectivity index (χ1n) is 5.70. The molecule has 1 aromatic carbocycles. The fraction of sp³-hybridized carbons (Fsp3) is 0.0769. The van der Waals surface area contributed by atoms with E-state index in [9.17, 15) is 14.9 Å². The maximum absolute atomic E-state index is 10.9. The van der Waals surface area contributed by atoms with Crippen molar-refractivity contribution in [2.24, 2.45) is 0 Å². The number of pyridine rings is 1. The predicted octanol–water partition coefficient (Wildman–Crippen LogP) is 2.74. The molecule has 0 aliphatic heterocycles. The molecule has 102 valence electrons. The van der Waals surface area contributed by atoms with Crippen LogP contribution >= 0.6 is 0 Å². The summed E-state index contributed by atoms with van der Waals surface area (Å²) in [5.74, 6) is -0.908. The molecule has 0 aliphatic rings. The van der Waals surface area contributed by atoms with Crippen LogP contribution in [-0.2, 0) is 0 Å². The van der Waals surface area contributed by atoms with Gasteiger partial charge >= 0.3 is 11.7 Å². The molecule has 0 spiro atoms. The van der Waals surface area contributed by atoms with Gasteiger partial charge in [0, 0.05) is 17.4 Å². The summed E-state index contributed by atoms with van der Waals surface area (Å²) in [5, 5.41) is 22.5. The maximum atomic E-state index is 10.9. The van der Waals surface area contributed by atoms with Crippen molar-refractivity contribution < 1.29 is 14.8 Å². The highest BCUT2D eigenvalue weighted by Gasteiger charge is 2.15. The van der Waals surface area contributed by atoms with Crippen LogP contribution in [0, 0.1) is 17.0 Å². The summed E-state index contributed by atoms with van der Waals surface area (Å²) in [6.45, 7) is 1.72. The summed E-state index contributed by atoms with van der Waals surface area (Å²) in [6, 6.07) is 8.79. The number of carboxylic acids is 1. The molecule has 1 heterocycles. The number of nitro groups is 1. The Labute approximate surface area is 114 Å². The maximum Gasteiger partial charge on any atom is 0.335 e. The zero-order valence-corrected chi connectivity index (χ0v) is 10.5. The number of nitrogens with zero attached hydrogens (tertiary/aromatic N) is 2. The number of carbonyl (C=O) groups is 1. The summed E-state index contributed by atoms with van der Waals surface area (Å²) in [6.07, 6.45) is 0. The molecule has 2 aromatic rings. The topological polar surface area (TPSA) is 105 Å². The molecule has 7 nitrogen and oxygen atoms in total. The monoisotopic (exact) mass is 273 g/mol. The minimum absolute atomic E-state index is 0.123. The van der Waals surface area contributed by atoms with Gasteiger partial charge in [-0.15, -0.1) is 0 Å². The number of aromatic nitrogens is 1. The van der Waals surface area contributed by atoms with Crippen molar-refractivity contribution >= 4 is 23.2 Å². The molecule has 0 unspecified atom stereocenters. The summed E-state index contributed by atoms with van der Waals surface area (Å²) < 4.78 is 0. The standard InChI is InChI=1S/C13H11N3O4/c1-8-2-7-11(16(19)20)12(14-8)15-10-5-3-9(4-6-10)13(17)18/h2-7H,1H3,(H,14,15)(H,17,18). The summed E-state index contributed by atoms with van der Waals surface area (Å²) in [7, 11) is 0. The van der Waals surface area contributed by atoms with Crippen LogP contribution in [0.5, 0.6) is 0 Å². The second-order valence-corrected chi connectivity index (χ2v) is 4.08. The molecular weight excluding hydrogens is 262 g/mol. The molecule has 2 rings (SSSR count). The zero-order chi connectivity index (χ0) is 14.7. The molecule has 1 aromatic heterocycles. The smallest absolute Gasteiger partial charge is 0.335 e. The molecule has 0 aliphatic carbocycles. The summed E-state index contributed by atoms with van der Waals surface area (Å²) >= 11 is 0. The van der Waals surface area contributed by atoms with Crippen molar-refractivity contribution in [3.63, 3.8) is 0 Å². The van der Waals surface area contributed by atoms with Gasteiger partial charge in [0.25, 0.3) is 0 Å². The van der Waals surface area contributed by atoms with E-state index < -0.39 is 10.9 Å². The van der Waals surface area contributed by atoms with Crippen LogP contribution in [0.1, 0.15) is 16.1 Å². The van der Waals surface area contributed by atoms with Gasteiger partial charge in [0.15, 0.2) is 0 Å². The molecule has 0 radical (unpaired) electrons. The minimum Gasteiger partial charge on any atom is -0.478 e. The van der Waals surface area contributed by atoms with Crippen LogP contribution in [-0.4, -0.2) is 21.0 Å². The quantitative estimate of drug-likeness (QED) is 0.655. The van der Waals surface area contributed by atoms with Crippen molar-refractivity contribution in [2.75, 3.05) is 5.32 Å². The van der Waals surface area contributed by atoms with Crippen LogP contribution < -0.4 is 5.32 Å². The van der Waals surface area contributed by atoms with Crippen molar-refractivity contribution in [1.82, 2.24) is 4.98 Å². The number of benzene rings is 1. The number of carboxylic acid groups (broad SMARTS) is 1. The zero-order valence-electron chi connectivity index (χ0n) is 10.5. The third kappa shape index (κ3) is 2.89. The first-order valence-corrected chi connectivity index (χ1v) is 5.70. The summed E-state index contributed by atoms with van der Waals surface area (Å²) in [5.41, 5.74) is 1.16. The molecule has 20 heavy (non-hydrogen) atoms. The van der Waals surface area contributed by atoms with Gasteiger partial charge in [0.05, 0.1) is 10.5 Å². The van der Waals surface area contributed by atoms with Crippen LogP contribution in [0.25, 0.3) is 0 Å². The normalized spacial score (nSPS) is 10.1.